The summed E-state index contributed by atoms with van der Waals surface area (Å²) in [5.74, 6) is 5.50. The summed E-state index contributed by atoms with van der Waals surface area (Å²) in [7, 11) is 0. The summed E-state index contributed by atoms with van der Waals surface area (Å²) in [6, 6.07) is 0.265. The molecule has 2 unspecified atom stereocenters. The van der Waals surface area contributed by atoms with Crippen LogP contribution in [0.1, 0.15) is 6.92 Å². The van der Waals surface area contributed by atoms with Gasteiger partial charge in [0.25, 0.3) is 0 Å². The van der Waals surface area contributed by atoms with Crippen LogP contribution in [-0.2, 0) is 0 Å². The van der Waals surface area contributed by atoms with Crippen molar-refractivity contribution in [2.75, 3.05) is 0 Å². The molecule has 1 aliphatic carbocycles. The molecule has 0 saturated heterocycles. The second-order valence-corrected chi connectivity index (χ2v) is 3.19. The van der Waals surface area contributed by atoms with Crippen molar-refractivity contribution in [3.63, 3.8) is 0 Å². The second kappa shape index (κ2) is 3.12. The Hall–Kier alpha value is -1.46. The van der Waals surface area contributed by atoms with Crippen LogP contribution in [0, 0.1) is 11.8 Å². The third-order valence-electron chi connectivity index (χ3n) is 2.10. The topological polar surface area (TPSA) is 32.3 Å². The van der Waals surface area contributed by atoms with E-state index in [4.69, 9.17) is 0 Å². The van der Waals surface area contributed by atoms with Gasteiger partial charge in [-0.05, 0) is 24.6 Å². The zero-order valence-corrected chi connectivity index (χ0v) is 7.41. The normalized spacial score (nSPS) is 30.0. The maximum atomic E-state index is 9.63. The first-order chi connectivity index (χ1) is 6.27. The molecule has 2 rings (SSSR count). The molecular weight excluding hydrogens is 162 g/mol. The van der Waals surface area contributed by atoms with Crippen molar-refractivity contribution < 1.29 is 5.11 Å². The van der Waals surface area contributed by atoms with Gasteiger partial charge in [0.15, 0.2) is 6.10 Å². The molecule has 0 amide bonds. The van der Waals surface area contributed by atoms with E-state index in [9.17, 15) is 5.11 Å². The number of aliphatic hydroxyl groups is 1. The van der Waals surface area contributed by atoms with Crippen LogP contribution in [0.4, 0.5) is 0 Å². The number of hydrogen-bond acceptors (Lipinski definition) is 2. The quantitative estimate of drug-likeness (QED) is 0.529. The first-order valence-electron chi connectivity index (χ1n) is 4.32. The molecule has 66 valence electrons. The van der Waals surface area contributed by atoms with Crippen LogP contribution in [0.3, 0.4) is 0 Å². The Kier molecular flexibility index (Phi) is 1.96. The zero-order valence-electron chi connectivity index (χ0n) is 7.41. The Morgan fingerprint density at radius 2 is 2.31 bits per heavy atom. The van der Waals surface area contributed by atoms with E-state index in [1.165, 1.54) is 0 Å². The minimum absolute atomic E-state index is 0.265. The van der Waals surface area contributed by atoms with Gasteiger partial charge in [0.1, 0.15) is 0 Å². The fourth-order valence-electron chi connectivity index (χ4n) is 1.43. The summed E-state index contributed by atoms with van der Waals surface area (Å²) in [6.45, 7) is 2.04. The smallest absolute Gasteiger partial charge is 0.155 e. The lowest BCUT2D eigenvalue weighted by Gasteiger charge is -2.22. The molecule has 1 aliphatic heterocycles. The maximum Gasteiger partial charge on any atom is 0.155 e. The van der Waals surface area contributed by atoms with Crippen molar-refractivity contribution in [2.45, 2.75) is 19.1 Å². The summed E-state index contributed by atoms with van der Waals surface area (Å²) in [5, 5.41) is 12.8. The predicted molar refractivity (Wildman–Crippen MR) is 51.7 cm³/mol. The number of rotatable bonds is 0. The summed E-state index contributed by atoms with van der Waals surface area (Å²) >= 11 is 0. The molecule has 2 N–H and O–H groups in total. The fourth-order valence-corrected chi connectivity index (χ4v) is 1.43. The summed E-state index contributed by atoms with van der Waals surface area (Å²) in [5.41, 5.74) is 1.82. The molecule has 0 saturated carbocycles. The van der Waals surface area contributed by atoms with Crippen molar-refractivity contribution >= 4 is 0 Å². The molecule has 0 bridgehead atoms. The summed E-state index contributed by atoms with van der Waals surface area (Å²) < 4.78 is 0. The lowest BCUT2D eigenvalue weighted by Crippen LogP contribution is -2.32. The number of nitrogens with one attached hydrogen (secondary N) is 1. The highest BCUT2D eigenvalue weighted by Crippen LogP contribution is 2.16. The van der Waals surface area contributed by atoms with Gasteiger partial charge >= 0.3 is 0 Å². The van der Waals surface area contributed by atoms with Gasteiger partial charge in [0.05, 0.1) is 5.70 Å². The van der Waals surface area contributed by atoms with E-state index in [1.54, 1.807) is 6.08 Å². The Morgan fingerprint density at radius 1 is 1.46 bits per heavy atom. The third-order valence-corrected chi connectivity index (χ3v) is 2.10. The first kappa shape index (κ1) is 8.15. The lowest BCUT2D eigenvalue weighted by atomic mass is 10.0. The Labute approximate surface area is 77.7 Å². The number of aliphatic hydroxyl groups excluding tert-OH is 1. The fraction of sp³-hybridized carbons (Fsp3) is 0.273. The molecule has 0 fully saturated rings. The molecule has 2 nitrogen and oxygen atoms in total. The molecule has 0 aromatic rings. The number of hydrogen-bond donors (Lipinski definition) is 2. The van der Waals surface area contributed by atoms with Gasteiger partial charge in [-0.1, -0.05) is 24.0 Å². The Bertz CT molecular complexity index is 365. The average molecular weight is 173 g/mol. The molecule has 2 aliphatic rings. The minimum atomic E-state index is -0.683. The SMILES string of the molecule is CC1C=CC2=C(N1)C(O)C#CC=C2. The van der Waals surface area contributed by atoms with Crippen LogP contribution in [0.5, 0.6) is 0 Å². The number of dihydropyridines is 1. The van der Waals surface area contributed by atoms with Crippen molar-refractivity contribution in [2.24, 2.45) is 0 Å². The highest BCUT2D eigenvalue weighted by molar-refractivity contribution is 5.47. The first-order valence-corrected chi connectivity index (χ1v) is 4.32. The van der Waals surface area contributed by atoms with E-state index in [-0.39, 0.29) is 6.04 Å². The molecule has 0 radical (unpaired) electrons. The molecule has 0 spiro atoms. The van der Waals surface area contributed by atoms with Crippen LogP contribution >= 0.6 is 0 Å². The standard InChI is InChI=1S/C11H11NO/c1-8-6-7-9-4-2-3-5-10(13)11(9)12-8/h2,4,6-8,10,12-13H,1H3. The third kappa shape index (κ3) is 1.51. The van der Waals surface area contributed by atoms with Gasteiger partial charge in [0.2, 0.25) is 0 Å². The van der Waals surface area contributed by atoms with E-state index in [1.807, 2.05) is 19.1 Å². The monoisotopic (exact) mass is 173 g/mol. The maximum absolute atomic E-state index is 9.63. The van der Waals surface area contributed by atoms with Crippen LogP contribution in [0.2, 0.25) is 0 Å². The lowest BCUT2D eigenvalue weighted by molar-refractivity contribution is 0.256. The van der Waals surface area contributed by atoms with Gasteiger partial charge in [-0.2, -0.15) is 0 Å². The average Bonchev–Trinajstić information content (AvgIpc) is 2.29. The molecule has 13 heavy (non-hydrogen) atoms. The predicted octanol–water partition coefficient (Wildman–Crippen LogP) is 0.722. The highest BCUT2D eigenvalue weighted by atomic mass is 16.3. The van der Waals surface area contributed by atoms with E-state index in [0.717, 1.165) is 11.3 Å². The summed E-state index contributed by atoms with van der Waals surface area (Å²) in [6.07, 6.45) is 7.05. The van der Waals surface area contributed by atoms with Crippen molar-refractivity contribution in [3.8, 4) is 11.8 Å². The molecule has 2 atom stereocenters. The van der Waals surface area contributed by atoms with E-state index >= 15 is 0 Å². The van der Waals surface area contributed by atoms with E-state index in [2.05, 4.69) is 23.2 Å². The minimum Gasteiger partial charge on any atom is -0.379 e. The van der Waals surface area contributed by atoms with Crippen molar-refractivity contribution in [3.05, 3.63) is 35.6 Å². The van der Waals surface area contributed by atoms with E-state index in [0.29, 0.717) is 0 Å². The molecule has 0 aromatic carbocycles. The van der Waals surface area contributed by atoms with Crippen molar-refractivity contribution in [1.82, 2.24) is 5.32 Å². The van der Waals surface area contributed by atoms with Gasteiger partial charge < -0.3 is 10.4 Å². The van der Waals surface area contributed by atoms with Crippen molar-refractivity contribution in [1.29, 1.82) is 0 Å². The number of allylic oxidation sites excluding steroid dienone is 4. The molecule has 1 heterocycles. The zero-order chi connectivity index (χ0) is 9.26. The molecule has 2 heteroatoms. The van der Waals surface area contributed by atoms with Gasteiger partial charge in [0, 0.05) is 6.04 Å². The second-order valence-electron chi connectivity index (χ2n) is 3.19. The van der Waals surface area contributed by atoms with E-state index < -0.39 is 6.10 Å². The van der Waals surface area contributed by atoms with Crippen LogP contribution in [-0.4, -0.2) is 17.3 Å². The Morgan fingerprint density at radius 3 is 3.15 bits per heavy atom. The summed E-state index contributed by atoms with van der Waals surface area (Å²) in [4.78, 5) is 0. The largest absolute Gasteiger partial charge is 0.379 e. The Balaban J connectivity index is 2.39. The van der Waals surface area contributed by atoms with Gasteiger partial charge in [-0.3, -0.25) is 0 Å². The van der Waals surface area contributed by atoms with Gasteiger partial charge in [-0.25, -0.2) is 0 Å². The van der Waals surface area contributed by atoms with Crippen LogP contribution < -0.4 is 5.32 Å². The van der Waals surface area contributed by atoms with Crippen LogP contribution in [0.15, 0.2) is 35.6 Å². The highest BCUT2D eigenvalue weighted by Gasteiger charge is 2.17. The molecule has 0 aromatic heterocycles. The molecular formula is C11H11NO. The van der Waals surface area contributed by atoms with Crippen LogP contribution in [0.25, 0.3) is 0 Å². The van der Waals surface area contributed by atoms with Gasteiger partial charge in [-0.15, -0.1) is 0 Å².